The van der Waals surface area contributed by atoms with Gasteiger partial charge in [0.2, 0.25) is 0 Å². The molecule has 4 nitrogen and oxygen atoms in total. The molecule has 1 aliphatic rings. The minimum absolute atomic E-state index is 0.00236. The number of esters is 1. The van der Waals surface area contributed by atoms with Crippen LogP contribution in [0.2, 0.25) is 5.02 Å². The highest BCUT2D eigenvalue weighted by Crippen LogP contribution is 2.50. The minimum atomic E-state index is -4.09. The molecule has 0 amide bonds. The third-order valence-corrected chi connectivity index (χ3v) is 9.06. The zero-order chi connectivity index (χ0) is 22.8. The number of benzene rings is 2. The highest BCUT2D eigenvalue weighted by molar-refractivity contribution is 7.92. The van der Waals surface area contributed by atoms with Crippen LogP contribution >= 0.6 is 11.6 Å². The molecule has 3 rings (SSSR count). The smallest absolute Gasteiger partial charge is 0.308 e. The summed E-state index contributed by atoms with van der Waals surface area (Å²) in [7, 11) is -4.09. The molecule has 31 heavy (non-hydrogen) atoms. The van der Waals surface area contributed by atoms with E-state index in [-0.39, 0.29) is 41.8 Å². The monoisotopic (exact) mass is 470 g/mol. The lowest BCUT2D eigenvalue weighted by atomic mass is 9.73. The van der Waals surface area contributed by atoms with Crippen LogP contribution < -0.4 is 0 Å². The van der Waals surface area contributed by atoms with E-state index in [0.717, 1.165) is 18.2 Å². The van der Waals surface area contributed by atoms with E-state index in [1.807, 2.05) is 0 Å². The summed E-state index contributed by atoms with van der Waals surface area (Å²) in [5.41, 5.74) is -0.176. The molecule has 0 aromatic heterocycles. The summed E-state index contributed by atoms with van der Waals surface area (Å²) in [6.45, 7) is 3.74. The molecule has 0 radical (unpaired) electrons. The van der Waals surface area contributed by atoms with Gasteiger partial charge in [-0.05, 0) is 81.0 Å². The average Bonchev–Trinajstić information content (AvgIpc) is 2.75. The molecule has 168 valence electrons. The van der Waals surface area contributed by atoms with Crippen molar-refractivity contribution in [2.75, 3.05) is 6.61 Å². The summed E-state index contributed by atoms with van der Waals surface area (Å²) in [5.74, 6) is -2.32. The van der Waals surface area contributed by atoms with Gasteiger partial charge in [0.15, 0.2) is 9.84 Å². The van der Waals surface area contributed by atoms with Crippen molar-refractivity contribution in [3.63, 3.8) is 0 Å². The molecule has 1 unspecified atom stereocenters. The van der Waals surface area contributed by atoms with Crippen LogP contribution in [0.15, 0.2) is 47.4 Å². The lowest BCUT2D eigenvalue weighted by Crippen LogP contribution is -2.42. The number of rotatable bonds is 6. The molecule has 1 fully saturated rings. The van der Waals surface area contributed by atoms with Gasteiger partial charge in [-0.15, -0.1) is 0 Å². The van der Waals surface area contributed by atoms with Crippen LogP contribution in [0.3, 0.4) is 0 Å². The maximum Gasteiger partial charge on any atom is 0.308 e. The highest BCUT2D eigenvalue weighted by Gasteiger charge is 2.51. The molecule has 1 saturated carbocycles. The van der Waals surface area contributed by atoms with Crippen LogP contribution in [0, 0.1) is 23.5 Å². The third kappa shape index (κ3) is 4.48. The fourth-order valence-electron chi connectivity index (χ4n) is 4.44. The molecular formula is C23H25ClF2O4S. The lowest BCUT2D eigenvalue weighted by Gasteiger charge is -2.41. The summed E-state index contributed by atoms with van der Waals surface area (Å²) in [5, 5.41) is 0.372. The number of hydrogen-bond donors (Lipinski definition) is 0. The second kappa shape index (κ2) is 9.25. The highest BCUT2D eigenvalue weighted by atomic mass is 35.5. The van der Waals surface area contributed by atoms with Crippen LogP contribution in [0.5, 0.6) is 0 Å². The Hall–Kier alpha value is -1.99. The van der Waals surface area contributed by atoms with Gasteiger partial charge in [0.05, 0.1) is 17.4 Å². The Kier molecular flexibility index (Phi) is 7.06. The van der Waals surface area contributed by atoms with E-state index in [2.05, 4.69) is 0 Å². The summed E-state index contributed by atoms with van der Waals surface area (Å²) < 4.78 is 59.9. The molecule has 2 aromatic carbocycles. The van der Waals surface area contributed by atoms with Crippen molar-refractivity contribution in [3.05, 3.63) is 64.7 Å². The van der Waals surface area contributed by atoms with Crippen LogP contribution in [-0.2, 0) is 24.1 Å². The molecule has 0 N–H and O–H groups in total. The average molecular weight is 471 g/mol. The molecule has 0 aliphatic heterocycles. The van der Waals surface area contributed by atoms with Crippen LogP contribution in [0.4, 0.5) is 8.78 Å². The SMILES string of the molecule is CCOC(=O)C(C)[C@H]1CC[C@@](c2cc(F)ccc2F)(S(=O)(=O)c2ccc(Cl)cc2)CC1. The van der Waals surface area contributed by atoms with Crippen molar-refractivity contribution < 1.29 is 26.7 Å². The Bertz CT molecular complexity index is 1050. The lowest BCUT2D eigenvalue weighted by molar-refractivity contribution is -0.149. The van der Waals surface area contributed by atoms with Crippen molar-refractivity contribution in [1.29, 1.82) is 0 Å². The van der Waals surface area contributed by atoms with Crippen molar-refractivity contribution in [3.8, 4) is 0 Å². The van der Waals surface area contributed by atoms with Gasteiger partial charge < -0.3 is 4.74 Å². The predicted molar refractivity (Wildman–Crippen MR) is 114 cm³/mol. The van der Waals surface area contributed by atoms with Gasteiger partial charge in [0.25, 0.3) is 0 Å². The second-order valence-corrected chi connectivity index (χ2v) is 10.7. The minimum Gasteiger partial charge on any atom is -0.466 e. The Morgan fingerprint density at radius 2 is 1.77 bits per heavy atom. The normalized spacial score (nSPS) is 22.7. The predicted octanol–water partition coefficient (Wildman–Crippen LogP) is 5.68. The first-order chi connectivity index (χ1) is 14.6. The molecule has 0 bridgehead atoms. The zero-order valence-corrected chi connectivity index (χ0v) is 19.0. The largest absolute Gasteiger partial charge is 0.466 e. The van der Waals surface area contributed by atoms with E-state index in [0.29, 0.717) is 17.9 Å². The molecule has 8 heteroatoms. The van der Waals surface area contributed by atoms with E-state index >= 15 is 0 Å². The summed E-state index contributed by atoms with van der Waals surface area (Å²) >= 11 is 5.91. The maximum absolute atomic E-state index is 14.9. The van der Waals surface area contributed by atoms with Crippen molar-refractivity contribution in [2.45, 2.75) is 49.2 Å². The Morgan fingerprint density at radius 3 is 2.35 bits per heavy atom. The van der Waals surface area contributed by atoms with E-state index in [1.165, 1.54) is 24.3 Å². The van der Waals surface area contributed by atoms with Gasteiger partial charge in [-0.3, -0.25) is 4.79 Å². The van der Waals surface area contributed by atoms with Gasteiger partial charge in [-0.1, -0.05) is 18.5 Å². The van der Waals surface area contributed by atoms with E-state index < -0.39 is 32.1 Å². The maximum atomic E-state index is 14.9. The Morgan fingerprint density at radius 1 is 1.16 bits per heavy atom. The summed E-state index contributed by atoms with van der Waals surface area (Å²) in [4.78, 5) is 12.2. The van der Waals surface area contributed by atoms with Crippen LogP contribution in [-0.4, -0.2) is 21.0 Å². The van der Waals surface area contributed by atoms with Crippen molar-refractivity contribution in [1.82, 2.24) is 0 Å². The Balaban J connectivity index is 2.05. The molecule has 0 saturated heterocycles. The summed E-state index contributed by atoms with van der Waals surface area (Å²) in [6.07, 6.45) is 0.852. The van der Waals surface area contributed by atoms with Crippen LogP contribution in [0.25, 0.3) is 0 Å². The van der Waals surface area contributed by atoms with Gasteiger partial charge in [-0.25, -0.2) is 17.2 Å². The van der Waals surface area contributed by atoms with Crippen molar-refractivity contribution >= 4 is 27.4 Å². The molecule has 1 atom stereocenters. The second-order valence-electron chi connectivity index (χ2n) is 7.95. The van der Waals surface area contributed by atoms with Crippen LogP contribution in [0.1, 0.15) is 45.1 Å². The van der Waals surface area contributed by atoms with Gasteiger partial charge in [0.1, 0.15) is 16.4 Å². The van der Waals surface area contributed by atoms with Gasteiger partial charge >= 0.3 is 5.97 Å². The molecular weight excluding hydrogens is 446 g/mol. The summed E-state index contributed by atoms with van der Waals surface area (Å²) in [6, 6.07) is 8.57. The first kappa shape index (κ1) is 23.7. The van der Waals surface area contributed by atoms with Gasteiger partial charge in [-0.2, -0.15) is 0 Å². The first-order valence-corrected chi connectivity index (χ1v) is 12.1. The number of halogens is 3. The number of carbonyl (C=O) groups excluding carboxylic acids is 1. The standard InChI is InChI=1S/C23H25ClF2O4S/c1-3-30-22(27)15(2)16-10-12-23(13-11-16,20-14-18(25)6-9-21(20)26)31(28,29)19-7-4-17(24)5-8-19/h4-9,14-16H,3,10-13H2,1-2H3/t15?,16-,23+. The number of carbonyl (C=O) groups is 1. The van der Waals surface area contributed by atoms with Crippen molar-refractivity contribution in [2.24, 2.45) is 11.8 Å². The molecule has 2 aromatic rings. The molecule has 0 spiro atoms. The Labute approximate surface area is 186 Å². The molecule has 1 aliphatic carbocycles. The van der Waals surface area contributed by atoms with Gasteiger partial charge in [0, 0.05) is 10.6 Å². The number of sulfone groups is 1. The number of hydrogen-bond acceptors (Lipinski definition) is 4. The van der Waals surface area contributed by atoms with E-state index in [4.69, 9.17) is 16.3 Å². The quantitative estimate of drug-likeness (QED) is 0.510. The first-order valence-electron chi connectivity index (χ1n) is 10.2. The zero-order valence-electron chi connectivity index (χ0n) is 17.4. The fraction of sp³-hybridized carbons (Fsp3) is 0.435. The molecule has 0 heterocycles. The van der Waals surface area contributed by atoms with E-state index in [1.54, 1.807) is 13.8 Å². The van der Waals surface area contributed by atoms with E-state index in [9.17, 15) is 22.0 Å². The fourth-order valence-corrected chi connectivity index (χ4v) is 6.73. The topological polar surface area (TPSA) is 60.4 Å². The number of ether oxygens (including phenoxy) is 1. The third-order valence-electron chi connectivity index (χ3n) is 6.26.